The van der Waals surface area contributed by atoms with E-state index in [1.54, 1.807) is 0 Å². The maximum atomic E-state index is 7.29. The number of rotatable bonds is 8. The van der Waals surface area contributed by atoms with Crippen molar-refractivity contribution in [2.24, 2.45) is 0 Å². The van der Waals surface area contributed by atoms with Crippen molar-refractivity contribution >= 4 is 11.4 Å². The first-order valence-electron chi connectivity index (χ1n) is 18.7. The van der Waals surface area contributed by atoms with E-state index >= 15 is 0 Å². The highest BCUT2D eigenvalue weighted by Gasteiger charge is 2.20. The summed E-state index contributed by atoms with van der Waals surface area (Å²) >= 11 is 0. The monoisotopic (exact) mass is 718 g/mol. The van der Waals surface area contributed by atoms with Crippen molar-refractivity contribution in [3.63, 3.8) is 0 Å². The van der Waals surface area contributed by atoms with Crippen LogP contribution in [0.2, 0.25) is 0 Å². The molecule has 0 saturated heterocycles. The zero-order valence-corrected chi connectivity index (χ0v) is 30.7. The zero-order chi connectivity index (χ0) is 37.8. The lowest BCUT2D eigenvalue weighted by Crippen LogP contribution is -1.99. The maximum Gasteiger partial charge on any atom is 0.0708 e. The van der Waals surface area contributed by atoms with Crippen LogP contribution in [0, 0.1) is 0 Å². The maximum absolute atomic E-state index is 7.29. The number of nitrogens with zero attached hydrogens (tertiary/aromatic N) is 2. The Kier molecular flexibility index (Phi) is 9.20. The predicted octanol–water partition coefficient (Wildman–Crippen LogP) is 13.0. The van der Waals surface area contributed by atoms with E-state index in [1.165, 1.54) is 0 Å². The van der Waals surface area contributed by atoms with Gasteiger partial charge in [0.05, 0.1) is 11.4 Å². The smallest absolute Gasteiger partial charge is 0.0708 e. The summed E-state index contributed by atoms with van der Waals surface area (Å²) in [6, 6.07) is 66.9. The second kappa shape index (κ2) is 15.1. The molecule has 0 atom stereocenters. The highest BCUT2D eigenvalue weighted by molar-refractivity contribution is 6.02. The first-order valence-corrected chi connectivity index (χ1v) is 18.7. The molecular weight excluding hydrogens is 681 g/mol. The van der Waals surface area contributed by atoms with Crippen LogP contribution in [0.1, 0.15) is 0 Å². The van der Waals surface area contributed by atoms with E-state index in [2.05, 4.69) is 146 Å². The van der Waals surface area contributed by atoms with Crippen molar-refractivity contribution in [1.29, 1.82) is 0 Å². The summed E-state index contributed by atoms with van der Waals surface area (Å²) in [6.07, 6.45) is 3.66. The average molecular weight is 719 g/mol. The Labute approximate surface area is 327 Å². The highest BCUT2D eigenvalue weighted by atomic mass is 14.7. The zero-order valence-electron chi connectivity index (χ0n) is 30.7. The molecule has 0 bridgehead atoms. The number of nitrogens with two attached hydrogens (primary N) is 2. The van der Waals surface area contributed by atoms with Crippen molar-refractivity contribution in [2.45, 2.75) is 0 Å². The second-order valence-electron chi connectivity index (χ2n) is 13.8. The van der Waals surface area contributed by atoms with Gasteiger partial charge >= 0.3 is 0 Å². The molecule has 4 N–H and O–H groups in total. The highest BCUT2D eigenvalue weighted by Crippen LogP contribution is 2.46. The standard InChI is InChI=1S/C52H38N4/c53-51-43(21-13-23-45(51)47-33-37(35-15-3-1-4-16-35)27-29-41(47)49-25-9-11-31-55-49)39-19-7-8-20-40(39)44-22-14-24-46(52(44)54)48-34-38(36-17-5-2-6-18-36)28-30-42(48)50-26-10-12-32-56-50/h1-34H,53-54H2. The van der Waals surface area contributed by atoms with Gasteiger partial charge in [-0.1, -0.05) is 158 Å². The van der Waals surface area contributed by atoms with Crippen LogP contribution in [0.15, 0.2) is 207 Å². The molecule has 0 amide bonds. The van der Waals surface area contributed by atoms with Crippen LogP contribution in [0.25, 0.3) is 89.3 Å². The van der Waals surface area contributed by atoms with Crippen molar-refractivity contribution < 1.29 is 0 Å². The molecule has 0 aliphatic carbocycles. The van der Waals surface area contributed by atoms with Crippen molar-refractivity contribution in [3.8, 4) is 89.3 Å². The predicted molar refractivity (Wildman–Crippen MR) is 234 cm³/mol. The van der Waals surface area contributed by atoms with E-state index in [0.717, 1.165) is 89.3 Å². The van der Waals surface area contributed by atoms with E-state index in [0.29, 0.717) is 11.4 Å². The summed E-state index contributed by atoms with van der Waals surface area (Å²) in [5, 5.41) is 0. The molecule has 2 aromatic heterocycles. The molecule has 0 aliphatic rings. The Hall–Kier alpha value is -7.56. The fourth-order valence-electron chi connectivity index (χ4n) is 7.67. The SMILES string of the molecule is Nc1c(-c2cc(-c3ccccc3)ccc2-c2ccccn2)cccc1-c1ccccc1-c1cccc(-c2cc(-c3ccccc3)ccc2-c2ccccn2)c1N. The van der Waals surface area contributed by atoms with Gasteiger partial charge in [0, 0.05) is 57.1 Å². The Morgan fingerprint density at radius 1 is 0.250 bits per heavy atom. The van der Waals surface area contributed by atoms with Crippen LogP contribution in [-0.4, -0.2) is 9.97 Å². The Morgan fingerprint density at radius 2 is 0.607 bits per heavy atom. The molecule has 2 heterocycles. The minimum atomic E-state index is 0.685. The van der Waals surface area contributed by atoms with Crippen LogP contribution in [0.4, 0.5) is 11.4 Å². The van der Waals surface area contributed by atoms with Crippen LogP contribution in [-0.2, 0) is 0 Å². The van der Waals surface area contributed by atoms with Gasteiger partial charge in [0.1, 0.15) is 0 Å². The van der Waals surface area contributed by atoms with Crippen LogP contribution >= 0.6 is 0 Å². The molecule has 7 aromatic carbocycles. The van der Waals surface area contributed by atoms with Gasteiger partial charge in [0.2, 0.25) is 0 Å². The number of para-hydroxylation sites is 2. The second-order valence-corrected chi connectivity index (χ2v) is 13.8. The summed E-state index contributed by atoms with van der Waals surface area (Å²) in [4.78, 5) is 9.47. The molecule has 56 heavy (non-hydrogen) atoms. The minimum absolute atomic E-state index is 0.685. The normalized spacial score (nSPS) is 11.0. The summed E-state index contributed by atoms with van der Waals surface area (Å²) in [6.45, 7) is 0. The fraction of sp³-hybridized carbons (Fsp3) is 0. The molecule has 0 radical (unpaired) electrons. The molecular formula is C52H38N4. The molecule has 0 aliphatic heterocycles. The fourth-order valence-corrected chi connectivity index (χ4v) is 7.67. The topological polar surface area (TPSA) is 77.8 Å². The molecule has 4 heteroatoms. The van der Waals surface area contributed by atoms with Crippen LogP contribution in [0.5, 0.6) is 0 Å². The molecule has 0 spiro atoms. The third-order valence-electron chi connectivity index (χ3n) is 10.4. The lowest BCUT2D eigenvalue weighted by Gasteiger charge is -2.20. The average Bonchev–Trinajstić information content (AvgIpc) is 3.27. The number of anilines is 2. The van der Waals surface area contributed by atoms with Gasteiger partial charge in [-0.15, -0.1) is 0 Å². The molecule has 0 unspecified atom stereocenters. The van der Waals surface area contributed by atoms with Crippen molar-refractivity contribution in [1.82, 2.24) is 9.97 Å². The van der Waals surface area contributed by atoms with Crippen molar-refractivity contribution in [2.75, 3.05) is 11.5 Å². The third kappa shape index (κ3) is 6.50. The number of aromatic nitrogens is 2. The summed E-state index contributed by atoms with van der Waals surface area (Å²) < 4.78 is 0. The van der Waals surface area contributed by atoms with Crippen LogP contribution < -0.4 is 11.5 Å². The van der Waals surface area contributed by atoms with Gasteiger partial charge in [0.25, 0.3) is 0 Å². The van der Waals surface area contributed by atoms with Crippen molar-refractivity contribution in [3.05, 3.63) is 207 Å². The number of hydrogen-bond acceptors (Lipinski definition) is 4. The van der Waals surface area contributed by atoms with Crippen LogP contribution in [0.3, 0.4) is 0 Å². The van der Waals surface area contributed by atoms with Gasteiger partial charge in [-0.25, -0.2) is 0 Å². The van der Waals surface area contributed by atoms with Gasteiger partial charge in [-0.05, 0) is 80.9 Å². The van der Waals surface area contributed by atoms with E-state index < -0.39 is 0 Å². The minimum Gasteiger partial charge on any atom is -0.398 e. The first-order chi connectivity index (χ1) is 27.6. The van der Waals surface area contributed by atoms with Gasteiger partial charge in [-0.3, -0.25) is 9.97 Å². The van der Waals surface area contributed by atoms with E-state index in [1.807, 2.05) is 60.9 Å². The van der Waals surface area contributed by atoms with Gasteiger partial charge < -0.3 is 11.5 Å². The molecule has 0 fully saturated rings. The lowest BCUT2D eigenvalue weighted by molar-refractivity contribution is 1.33. The molecule has 266 valence electrons. The summed E-state index contributed by atoms with van der Waals surface area (Å²) in [5.74, 6) is 0. The Bertz CT molecular complexity index is 2600. The number of benzene rings is 7. The quantitative estimate of drug-likeness (QED) is 0.153. The lowest BCUT2D eigenvalue weighted by atomic mass is 9.86. The number of nitrogen functional groups attached to an aromatic ring is 2. The Balaban J connectivity index is 1.20. The number of pyridine rings is 2. The van der Waals surface area contributed by atoms with E-state index in [-0.39, 0.29) is 0 Å². The van der Waals surface area contributed by atoms with E-state index in [4.69, 9.17) is 21.4 Å². The van der Waals surface area contributed by atoms with E-state index in [9.17, 15) is 0 Å². The molecule has 4 nitrogen and oxygen atoms in total. The third-order valence-corrected chi connectivity index (χ3v) is 10.4. The number of hydrogen-bond donors (Lipinski definition) is 2. The Morgan fingerprint density at radius 3 is 1.00 bits per heavy atom. The summed E-state index contributed by atoms with van der Waals surface area (Å²) in [7, 11) is 0. The van der Waals surface area contributed by atoms with Gasteiger partial charge in [0.15, 0.2) is 0 Å². The van der Waals surface area contributed by atoms with Gasteiger partial charge in [-0.2, -0.15) is 0 Å². The molecule has 9 rings (SSSR count). The summed E-state index contributed by atoms with van der Waals surface area (Å²) in [5.41, 5.74) is 32.0. The molecule has 9 aromatic rings. The molecule has 0 saturated carbocycles. The largest absolute Gasteiger partial charge is 0.398 e. The first kappa shape index (κ1) is 34.2.